The van der Waals surface area contributed by atoms with Crippen molar-refractivity contribution in [3.8, 4) is 6.07 Å². The largest absolute Gasteiger partial charge is 0.461 e. The highest BCUT2D eigenvalue weighted by molar-refractivity contribution is 7.13. The number of nitriles is 1. The van der Waals surface area contributed by atoms with Gasteiger partial charge in [0.2, 0.25) is 0 Å². The predicted octanol–water partition coefficient (Wildman–Crippen LogP) is 2.31. The minimum Gasteiger partial charge on any atom is -0.461 e. The molecular formula is C12H17N3O2S. The first-order valence-electron chi connectivity index (χ1n) is 5.89. The van der Waals surface area contributed by atoms with Crippen LogP contribution in [0.5, 0.6) is 0 Å². The third-order valence-corrected chi connectivity index (χ3v) is 3.24. The molecule has 0 aliphatic carbocycles. The average molecular weight is 267 g/mol. The monoisotopic (exact) mass is 267 g/mol. The van der Waals surface area contributed by atoms with Crippen molar-refractivity contribution in [3.63, 3.8) is 0 Å². The lowest BCUT2D eigenvalue weighted by Gasteiger charge is -2.20. The van der Waals surface area contributed by atoms with Gasteiger partial charge in [0.1, 0.15) is 0 Å². The molecule has 1 aromatic heterocycles. The van der Waals surface area contributed by atoms with Gasteiger partial charge in [-0.05, 0) is 20.8 Å². The van der Waals surface area contributed by atoms with Crippen LogP contribution in [0.3, 0.4) is 0 Å². The minimum atomic E-state index is -0.399. The minimum absolute atomic E-state index is 0.0695. The number of esters is 1. The Morgan fingerprint density at radius 1 is 1.67 bits per heavy atom. The third kappa shape index (κ3) is 3.70. The molecular weight excluding hydrogens is 250 g/mol. The van der Waals surface area contributed by atoms with Crippen LogP contribution < -0.4 is 4.90 Å². The van der Waals surface area contributed by atoms with E-state index in [1.54, 1.807) is 12.3 Å². The van der Waals surface area contributed by atoms with Crippen LogP contribution in [0, 0.1) is 17.2 Å². The first-order valence-corrected chi connectivity index (χ1v) is 6.77. The Kier molecular flexibility index (Phi) is 5.59. The van der Waals surface area contributed by atoms with E-state index in [1.165, 1.54) is 11.3 Å². The second kappa shape index (κ2) is 6.97. The molecule has 98 valence electrons. The van der Waals surface area contributed by atoms with E-state index in [4.69, 9.17) is 10.00 Å². The molecule has 0 saturated heterocycles. The zero-order chi connectivity index (χ0) is 13.5. The molecule has 1 rings (SSSR count). The van der Waals surface area contributed by atoms with Gasteiger partial charge >= 0.3 is 5.97 Å². The van der Waals surface area contributed by atoms with Crippen molar-refractivity contribution in [3.05, 3.63) is 11.1 Å². The zero-order valence-corrected chi connectivity index (χ0v) is 11.7. The highest BCUT2D eigenvalue weighted by Gasteiger charge is 2.16. The van der Waals surface area contributed by atoms with Gasteiger partial charge in [-0.25, -0.2) is 9.78 Å². The van der Waals surface area contributed by atoms with Gasteiger partial charge in [0.15, 0.2) is 10.8 Å². The van der Waals surface area contributed by atoms with Crippen molar-refractivity contribution < 1.29 is 9.53 Å². The summed E-state index contributed by atoms with van der Waals surface area (Å²) in [6, 6.07) is 2.19. The number of carbonyl (C=O) groups excluding carboxylic acids is 1. The lowest BCUT2D eigenvalue weighted by molar-refractivity contribution is 0.0520. The molecule has 0 aromatic carbocycles. The second-order valence-corrected chi connectivity index (χ2v) is 4.64. The van der Waals surface area contributed by atoms with Crippen LogP contribution in [0.25, 0.3) is 0 Å². The fraction of sp³-hybridized carbons (Fsp3) is 0.583. The maximum atomic E-state index is 11.5. The molecule has 6 heteroatoms. The van der Waals surface area contributed by atoms with Crippen molar-refractivity contribution in [2.45, 2.75) is 20.8 Å². The number of hydrogen-bond donors (Lipinski definition) is 0. The highest BCUT2D eigenvalue weighted by Crippen LogP contribution is 2.21. The SMILES string of the molecule is CCOC(=O)c1csc(N(CC)CC(C)C#N)n1. The number of aromatic nitrogens is 1. The lowest BCUT2D eigenvalue weighted by atomic mass is 10.2. The van der Waals surface area contributed by atoms with Crippen LogP contribution in [0.4, 0.5) is 5.13 Å². The summed E-state index contributed by atoms with van der Waals surface area (Å²) in [6.45, 7) is 7.33. The van der Waals surface area contributed by atoms with E-state index in [2.05, 4.69) is 11.1 Å². The van der Waals surface area contributed by atoms with Gasteiger partial charge in [0.25, 0.3) is 0 Å². The summed E-state index contributed by atoms with van der Waals surface area (Å²) in [5, 5.41) is 11.3. The number of nitrogens with zero attached hydrogens (tertiary/aromatic N) is 3. The Hall–Kier alpha value is -1.61. The maximum absolute atomic E-state index is 11.5. The predicted molar refractivity (Wildman–Crippen MR) is 70.7 cm³/mol. The number of rotatable bonds is 6. The first kappa shape index (κ1) is 14.5. The second-order valence-electron chi connectivity index (χ2n) is 3.80. The van der Waals surface area contributed by atoms with Crippen LogP contribution in [-0.4, -0.2) is 30.6 Å². The zero-order valence-electron chi connectivity index (χ0n) is 10.8. The number of carbonyl (C=O) groups is 1. The first-order chi connectivity index (χ1) is 8.62. The standard InChI is InChI=1S/C12H17N3O2S/c1-4-15(7-9(3)6-13)12-14-10(8-18-12)11(16)17-5-2/h8-9H,4-5,7H2,1-3H3. The van der Waals surface area contributed by atoms with Gasteiger partial charge in [0, 0.05) is 18.5 Å². The molecule has 0 aliphatic heterocycles. The average Bonchev–Trinajstić information content (AvgIpc) is 2.85. The molecule has 5 nitrogen and oxygen atoms in total. The molecule has 0 fully saturated rings. The van der Waals surface area contributed by atoms with Gasteiger partial charge < -0.3 is 9.64 Å². The van der Waals surface area contributed by atoms with Crippen molar-refractivity contribution in [2.75, 3.05) is 24.6 Å². The molecule has 0 spiro atoms. The van der Waals surface area contributed by atoms with E-state index in [-0.39, 0.29) is 5.92 Å². The summed E-state index contributed by atoms with van der Waals surface area (Å²) in [4.78, 5) is 17.7. The molecule has 0 aliphatic rings. The maximum Gasteiger partial charge on any atom is 0.357 e. The summed E-state index contributed by atoms with van der Waals surface area (Å²) >= 11 is 1.39. The summed E-state index contributed by atoms with van der Waals surface area (Å²) in [7, 11) is 0. The number of ether oxygens (including phenoxy) is 1. The summed E-state index contributed by atoms with van der Waals surface area (Å²) < 4.78 is 4.89. The van der Waals surface area contributed by atoms with Gasteiger partial charge in [0.05, 0.1) is 18.6 Å². The molecule has 0 bridgehead atoms. The summed E-state index contributed by atoms with van der Waals surface area (Å²) in [6.07, 6.45) is 0. The quantitative estimate of drug-likeness (QED) is 0.740. The molecule has 0 N–H and O–H groups in total. The van der Waals surface area contributed by atoms with Crippen LogP contribution in [0.15, 0.2) is 5.38 Å². The van der Waals surface area contributed by atoms with E-state index in [0.717, 1.165) is 11.7 Å². The summed E-state index contributed by atoms with van der Waals surface area (Å²) in [5.41, 5.74) is 0.333. The lowest BCUT2D eigenvalue weighted by Crippen LogP contribution is -2.27. The summed E-state index contributed by atoms with van der Waals surface area (Å²) in [5.74, 6) is -0.468. The van der Waals surface area contributed by atoms with Gasteiger partial charge in [-0.3, -0.25) is 0 Å². The number of hydrogen-bond acceptors (Lipinski definition) is 6. The van der Waals surface area contributed by atoms with Crippen molar-refractivity contribution in [2.24, 2.45) is 5.92 Å². The van der Waals surface area contributed by atoms with E-state index < -0.39 is 5.97 Å². The molecule has 1 aromatic rings. The van der Waals surface area contributed by atoms with Crippen LogP contribution >= 0.6 is 11.3 Å². The van der Waals surface area contributed by atoms with E-state index in [9.17, 15) is 4.79 Å². The Labute approximate surface area is 111 Å². The van der Waals surface area contributed by atoms with Crippen LogP contribution in [0.2, 0.25) is 0 Å². The van der Waals surface area contributed by atoms with Crippen LogP contribution in [-0.2, 0) is 4.74 Å². The van der Waals surface area contributed by atoms with Crippen molar-refractivity contribution >= 4 is 22.4 Å². The molecule has 0 amide bonds. The number of anilines is 1. The Morgan fingerprint density at radius 3 is 2.94 bits per heavy atom. The third-order valence-electron chi connectivity index (χ3n) is 2.34. The fourth-order valence-electron chi connectivity index (χ4n) is 1.42. The molecule has 0 radical (unpaired) electrons. The Balaban J connectivity index is 2.76. The molecule has 1 unspecified atom stereocenters. The van der Waals surface area contributed by atoms with Gasteiger partial charge in [-0.1, -0.05) is 0 Å². The Bertz CT molecular complexity index is 439. The van der Waals surface area contributed by atoms with Gasteiger partial charge in [-0.15, -0.1) is 11.3 Å². The van der Waals surface area contributed by atoms with E-state index in [0.29, 0.717) is 18.8 Å². The van der Waals surface area contributed by atoms with E-state index >= 15 is 0 Å². The molecule has 18 heavy (non-hydrogen) atoms. The normalized spacial score (nSPS) is 11.7. The van der Waals surface area contributed by atoms with Gasteiger partial charge in [-0.2, -0.15) is 5.26 Å². The van der Waals surface area contributed by atoms with Crippen LogP contribution in [0.1, 0.15) is 31.3 Å². The van der Waals surface area contributed by atoms with E-state index in [1.807, 2.05) is 18.7 Å². The molecule has 1 atom stereocenters. The molecule has 0 saturated carbocycles. The molecule has 1 heterocycles. The van der Waals surface area contributed by atoms with Crippen molar-refractivity contribution in [1.29, 1.82) is 5.26 Å². The Morgan fingerprint density at radius 2 is 2.39 bits per heavy atom. The fourth-order valence-corrected chi connectivity index (χ4v) is 2.29. The topological polar surface area (TPSA) is 66.2 Å². The smallest absolute Gasteiger partial charge is 0.357 e. The van der Waals surface area contributed by atoms with Crippen molar-refractivity contribution in [1.82, 2.24) is 4.98 Å². The number of thiazole rings is 1. The highest BCUT2D eigenvalue weighted by atomic mass is 32.1.